The summed E-state index contributed by atoms with van der Waals surface area (Å²) < 4.78 is 0. The summed E-state index contributed by atoms with van der Waals surface area (Å²) in [6.45, 7) is 6.92. The Kier molecular flexibility index (Phi) is 6.26. The van der Waals surface area contributed by atoms with Crippen molar-refractivity contribution in [3.63, 3.8) is 0 Å². The highest BCUT2D eigenvalue weighted by atomic mass is 32.1. The van der Waals surface area contributed by atoms with E-state index in [1.54, 1.807) is 0 Å². The summed E-state index contributed by atoms with van der Waals surface area (Å²) in [6, 6.07) is 14.2. The molecule has 4 rings (SSSR count). The topological polar surface area (TPSA) is 18.5 Å². The Morgan fingerprint density at radius 2 is 1.62 bits per heavy atom. The van der Waals surface area contributed by atoms with Crippen LogP contribution < -0.4 is 10.2 Å². The zero-order valence-corrected chi connectivity index (χ0v) is 16.5. The molecule has 2 aliphatic heterocycles. The molecule has 26 heavy (non-hydrogen) atoms. The molecule has 3 nitrogen and oxygen atoms in total. The molecule has 1 atom stereocenters. The number of rotatable bonds is 7. The summed E-state index contributed by atoms with van der Waals surface area (Å²) in [4.78, 5) is 6.68. The largest absolute Gasteiger partial charge is 0.372 e. The summed E-state index contributed by atoms with van der Waals surface area (Å²) in [5.74, 6) is 0. The molecule has 0 bridgehead atoms. The van der Waals surface area contributed by atoms with Gasteiger partial charge in [0.05, 0.1) is 6.04 Å². The number of benzene rings is 1. The average molecular weight is 370 g/mol. The monoisotopic (exact) mass is 369 g/mol. The second-order valence-corrected chi connectivity index (χ2v) is 8.60. The standard InChI is InChI=1S/C22H31N3S/c1-2-12-24(13-3-1)20-10-8-19(9-11-20)17-23-18-21(22-7-6-16-26-22)25-14-4-5-15-25/h6-11,16,21,23H,1-5,12-15,17-18H2/t21-/m1/s1. The first-order valence-corrected chi connectivity index (χ1v) is 11.1. The van der Waals surface area contributed by atoms with Crippen LogP contribution in [0.3, 0.4) is 0 Å². The number of nitrogens with one attached hydrogen (secondary N) is 1. The summed E-state index contributed by atoms with van der Waals surface area (Å²) >= 11 is 1.89. The van der Waals surface area contributed by atoms with E-state index >= 15 is 0 Å². The number of likely N-dealkylation sites (tertiary alicyclic amines) is 1. The van der Waals surface area contributed by atoms with Crippen LogP contribution in [0.25, 0.3) is 0 Å². The van der Waals surface area contributed by atoms with Crippen LogP contribution in [0.4, 0.5) is 5.69 Å². The normalized spacial score (nSPS) is 19.8. The van der Waals surface area contributed by atoms with E-state index < -0.39 is 0 Å². The molecule has 1 N–H and O–H groups in total. The van der Waals surface area contributed by atoms with Crippen LogP contribution in [0, 0.1) is 0 Å². The van der Waals surface area contributed by atoms with E-state index in [0.29, 0.717) is 6.04 Å². The molecule has 1 aromatic heterocycles. The molecule has 0 amide bonds. The van der Waals surface area contributed by atoms with Gasteiger partial charge in [0.2, 0.25) is 0 Å². The third kappa shape index (κ3) is 4.48. The highest BCUT2D eigenvalue weighted by Crippen LogP contribution is 2.28. The van der Waals surface area contributed by atoms with Gasteiger partial charge in [-0.2, -0.15) is 0 Å². The quantitative estimate of drug-likeness (QED) is 0.765. The van der Waals surface area contributed by atoms with Crippen LogP contribution in [0.1, 0.15) is 48.6 Å². The predicted octanol–water partition coefficient (Wildman–Crippen LogP) is 4.67. The SMILES string of the molecule is c1csc([C@@H](CNCc2ccc(N3CCCCC3)cc2)N2CCCC2)c1. The van der Waals surface area contributed by atoms with Gasteiger partial charge in [-0.3, -0.25) is 4.90 Å². The lowest BCUT2D eigenvalue weighted by Gasteiger charge is -2.29. The fourth-order valence-corrected chi connectivity index (χ4v) is 5.13. The van der Waals surface area contributed by atoms with Gasteiger partial charge in [-0.1, -0.05) is 18.2 Å². The van der Waals surface area contributed by atoms with Gasteiger partial charge in [-0.15, -0.1) is 11.3 Å². The first-order valence-electron chi connectivity index (χ1n) is 10.2. The van der Waals surface area contributed by atoms with Crippen LogP contribution in [0.15, 0.2) is 41.8 Å². The number of piperidine rings is 1. The minimum absolute atomic E-state index is 0.533. The van der Waals surface area contributed by atoms with Gasteiger partial charge < -0.3 is 10.2 Å². The Balaban J connectivity index is 1.31. The predicted molar refractivity (Wildman–Crippen MR) is 112 cm³/mol. The van der Waals surface area contributed by atoms with Gasteiger partial charge in [0.1, 0.15) is 0 Å². The van der Waals surface area contributed by atoms with Crippen LogP contribution >= 0.6 is 11.3 Å². The minimum atomic E-state index is 0.533. The maximum atomic E-state index is 3.72. The zero-order chi connectivity index (χ0) is 17.6. The van der Waals surface area contributed by atoms with E-state index in [1.165, 1.54) is 74.4 Å². The highest BCUT2D eigenvalue weighted by molar-refractivity contribution is 7.10. The van der Waals surface area contributed by atoms with Crippen molar-refractivity contribution in [2.45, 2.75) is 44.7 Å². The van der Waals surface area contributed by atoms with Gasteiger partial charge in [-0.05, 0) is 74.3 Å². The van der Waals surface area contributed by atoms with Crippen LogP contribution in [0.2, 0.25) is 0 Å². The molecule has 1 aromatic carbocycles. The van der Waals surface area contributed by atoms with E-state index in [-0.39, 0.29) is 0 Å². The van der Waals surface area contributed by atoms with Crippen molar-refractivity contribution in [1.29, 1.82) is 0 Å². The lowest BCUT2D eigenvalue weighted by molar-refractivity contribution is 0.242. The van der Waals surface area contributed by atoms with Gasteiger partial charge in [0.15, 0.2) is 0 Å². The number of thiophene rings is 1. The van der Waals surface area contributed by atoms with E-state index in [0.717, 1.165) is 13.1 Å². The van der Waals surface area contributed by atoms with Crippen LogP contribution in [0.5, 0.6) is 0 Å². The van der Waals surface area contributed by atoms with Crippen molar-refractivity contribution in [1.82, 2.24) is 10.2 Å². The van der Waals surface area contributed by atoms with Crippen molar-refractivity contribution in [3.8, 4) is 0 Å². The maximum absolute atomic E-state index is 3.72. The summed E-state index contributed by atoms with van der Waals surface area (Å²) in [5.41, 5.74) is 2.78. The molecule has 0 radical (unpaired) electrons. The van der Waals surface area contributed by atoms with E-state index in [9.17, 15) is 0 Å². The number of anilines is 1. The lowest BCUT2D eigenvalue weighted by Crippen LogP contribution is -2.33. The van der Waals surface area contributed by atoms with E-state index in [4.69, 9.17) is 0 Å². The van der Waals surface area contributed by atoms with Gasteiger partial charge in [0, 0.05) is 36.7 Å². The van der Waals surface area contributed by atoms with Crippen molar-refractivity contribution < 1.29 is 0 Å². The zero-order valence-electron chi connectivity index (χ0n) is 15.7. The molecule has 4 heteroatoms. The van der Waals surface area contributed by atoms with Crippen molar-refractivity contribution >= 4 is 17.0 Å². The second-order valence-electron chi connectivity index (χ2n) is 7.62. The molecule has 0 unspecified atom stereocenters. The summed E-state index contributed by atoms with van der Waals surface area (Å²) in [6.07, 6.45) is 6.76. The molecule has 2 aromatic rings. The molecule has 2 saturated heterocycles. The fourth-order valence-electron chi connectivity index (χ4n) is 4.27. The molecular weight excluding hydrogens is 338 g/mol. The highest BCUT2D eigenvalue weighted by Gasteiger charge is 2.23. The number of nitrogens with zero attached hydrogens (tertiary/aromatic N) is 2. The molecule has 0 spiro atoms. The molecule has 3 heterocycles. The van der Waals surface area contributed by atoms with Crippen LogP contribution in [-0.2, 0) is 6.54 Å². The first kappa shape index (κ1) is 18.0. The van der Waals surface area contributed by atoms with Crippen molar-refractivity contribution in [2.24, 2.45) is 0 Å². The molecule has 2 fully saturated rings. The van der Waals surface area contributed by atoms with E-state index in [2.05, 4.69) is 56.9 Å². The third-order valence-electron chi connectivity index (χ3n) is 5.78. The number of hydrogen-bond donors (Lipinski definition) is 1. The smallest absolute Gasteiger partial charge is 0.0566 e. The molecule has 140 valence electrons. The molecular formula is C22H31N3S. The Morgan fingerprint density at radius 1 is 0.885 bits per heavy atom. The second kappa shape index (κ2) is 9.03. The summed E-state index contributed by atoms with van der Waals surface area (Å²) in [5, 5.41) is 5.92. The Bertz CT molecular complexity index is 641. The van der Waals surface area contributed by atoms with Gasteiger partial charge in [0.25, 0.3) is 0 Å². The van der Waals surface area contributed by atoms with Gasteiger partial charge in [-0.25, -0.2) is 0 Å². The Morgan fingerprint density at radius 3 is 2.31 bits per heavy atom. The molecule has 2 aliphatic rings. The fraction of sp³-hybridized carbons (Fsp3) is 0.545. The van der Waals surface area contributed by atoms with Crippen LogP contribution in [-0.4, -0.2) is 37.6 Å². The maximum Gasteiger partial charge on any atom is 0.0566 e. The lowest BCUT2D eigenvalue weighted by atomic mass is 10.1. The van der Waals surface area contributed by atoms with E-state index in [1.807, 2.05) is 11.3 Å². The average Bonchev–Trinajstić information content (AvgIpc) is 3.41. The number of hydrogen-bond acceptors (Lipinski definition) is 4. The third-order valence-corrected chi connectivity index (χ3v) is 6.75. The summed E-state index contributed by atoms with van der Waals surface area (Å²) in [7, 11) is 0. The molecule has 0 saturated carbocycles. The Hall–Kier alpha value is -1.36. The minimum Gasteiger partial charge on any atom is -0.372 e. The Labute approximate surface area is 162 Å². The van der Waals surface area contributed by atoms with Crippen molar-refractivity contribution in [2.75, 3.05) is 37.6 Å². The molecule has 0 aliphatic carbocycles. The van der Waals surface area contributed by atoms with Crippen molar-refractivity contribution in [3.05, 3.63) is 52.2 Å². The first-order chi connectivity index (χ1) is 12.9. The van der Waals surface area contributed by atoms with Gasteiger partial charge >= 0.3 is 0 Å².